The molecule has 100 valence electrons. The first-order valence-electron chi connectivity index (χ1n) is 5.86. The highest BCUT2D eigenvalue weighted by atomic mass is 16.6. The second kappa shape index (κ2) is 5.96. The lowest BCUT2D eigenvalue weighted by atomic mass is 10.1. The van der Waals surface area contributed by atoms with Gasteiger partial charge in [-0.15, -0.1) is 0 Å². The van der Waals surface area contributed by atoms with Crippen molar-refractivity contribution in [2.75, 3.05) is 5.32 Å². The number of nitrogens with zero attached hydrogens (tertiary/aromatic N) is 2. The molecule has 6 nitrogen and oxygen atoms in total. The number of nitriles is 1. The van der Waals surface area contributed by atoms with Crippen LogP contribution in [0.4, 0.5) is 11.4 Å². The van der Waals surface area contributed by atoms with Gasteiger partial charge >= 0.3 is 0 Å². The minimum absolute atomic E-state index is 0.0165. The first-order valence-corrected chi connectivity index (χ1v) is 5.86. The topological polar surface area (TPSA) is 96.0 Å². The van der Waals surface area contributed by atoms with Crippen molar-refractivity contribution in [1.82, 2.24) is 0 Å². The van der Waals surface area contributed by atoms with Crippen molar-refractivity contribution in [2.45, 2.75) is 27.2 Å². The van der Waals surface area contributed by atoms with Gasteiger partial charge in [0.25, 0.3) is 5.69 Å². The molecule has 0 aliphatic rings. The summed E-state index contributed by atoms with van der Waals surface area (Å²) in [4.78, 5) is 22.1. The lowest BCUT2D eigenvalue weighted by molar-refractivity contribution is -0.385. The zero-order valence-electron chi connectivity index (χ0n) is 11.1. The Hall–Kier alpha value is -2.42. The normalized spacial score (nSPS) is 11.5. The summed E-state index contributed by atoms with van der Waals surface area (Å²) in [6, 6.07) is 4.88. The van der Waals surface area contributed by atoms with Gasteiger partial charge in [0.2, 0.25) is 5.91 Å². The molecule has 1 atom stereocenters. The Balaban J connectivity index is 3.04. The van der Waals surface area contributed by atoms with Gasteiger partial charge in [-0.1, -0.05) is 6.92 Å². The molecule has 0 spiro atoms. The first-order chi connectivity index (χ1) is 8.90. The lowest BCUT2D eigenvalue weighted by Crippen LogP contribution is -2.21. The van der Waals surface area contributed by atoms with E-state index in [-0.39, 0.29) is 11.6 Å². The third kappa shape index (κ3) is 3.28. The lowest BCUT2D eigenvalue weighted by Gasteiger charge is -2.11. The molecule has 0 bridgehead atoms. The van der Waals surface area contributed by atoms with Crippen LogP contribution in [0.25, 0.3) is 0 Å². The molecule has 19 heavy (non-hydrogen) atoms. The summed E-state index contributed by atoms with van der Waals surface area (Å²) in [6.45, 7) is 5.03. The number of hydrogen-bond acceptors (Lipinski definition) is 4. The van der Waals surface area contributed by atoms with Gasteiger partial charge in [-0.3, -0.25) is 14.9 Å². The SMILES string of the molecule is CCC(C#N)C(=O)Nc1cc(C)c([N+](=O)[O-])cc1C. The summed E-state index contributed by atoms with van der Waals surface area (Å²) < 4.78 is 0. The zero-order chi connectivity index (χ0) is 14.6. The third-order valence-corrected chi connectivity index (χ3v) is 2.88. The maximum absolute atomic E-state index is 11.8. The Morgan fingerprint density at radius 2 is 2.11 bits per heavy atom. The number of amides is 1. The predicted octanol–water partition coefficient (Wildman–Crippen LogP) is 2.70. The molecule has 1 N–H and O–H groups in total. The number of benzene rings is 1. The Morgan fingerprint density at radius 1 is 1.47 bits per heavy atom. The van der Waals surface area contributed by atoms with Gasteiger partial charge in [0, 0.05) is 17.3 Å². The molecule has 1 aromatic carbocycles. The number of rotatable bonds is 4. The van der Waals surface area contributed by atoms with Gasteiger partial charge in [0.1, 0.15) is 5.92 Å². The van der Waals surface area contributed by atoms with Gasteiger partial charge in [-0.25, -0.2) is 0 Å². The summed E-state index contributed by atoms with van der Waals surface area (Å²) >= 11 is 0. The number of carbonyl (C=O) groups is 1. The van der Waals surface area contributed by atoms with E-state index in [9.17, 15) is 14.9 Å². The fourth-order valence-electron chi connectivity index (χ4n) is 1.69. The number of aryl methyl sites for hydroxylation is 2. The van der Waals surface area contributed by atoms with E-state index in [0.717, 1.165) is 0 Å². The van der Waals surface area contributed by atoms with Gasteiger partial charge in [0.05, 0.1) is 11.0 Å². The molecule has 0 saturated carbocycles. The Kier molecular flexibility index (Phi) is 4.59. The van der Waals surface area contributed by atoms with Crippen molar-refractivity contribution in [3.05, 3.63) is 33.4 Å². The highest BCUT2D eigenvalue weighted by Crippen LogP contribution is 2.26. The van der Waals surface area contributed by atoms with Crippen molar-refractivity contribution < 1.29 is 9.72 Å². The summed E-state index contributed by atoms with van der Waals surface area (Å²) in [5.74, 6) is -1.10. The van der Waals surface area contributed by atoms with Crippen molar-refractivity contribution in [2.24, 2.45) is 5.92 Å². The van der Waals surface area contributed by atoms with E-state index in [2.05, 4.69) is 5.32 Å². The smallest absolute Gasteiger partial charge is 0.272 e. The van der Waals surface area contributed by atoms with Gasteiger partial charge in [-0.2, -0.15) is 5.26 Å². The van der Waals surface area contributed by atoms with Crippen molar-refractivity contribution in [3.8, 4) is 6.07 Å². The minimum Gasteiger partial charge on any atom is -0.325 e. The summed E-state index contributed by atoms with van der Waals surface area (Å²) in [7, 11) is 0. The van der Waals surface area contributed by atoms with Gasteiger partial charge in [-0.05, 0) is 31.9 Å². The number of anilines is 1. The molecule has 0 aliphatic carbocycles. The highest BCUT2D eigenvalue weighted by Gasteiger charge is 2.18. The average Bonchev–Trinajstić information content (AvgIpc) is 2.34. The van der Waals surface area contributed by atoms with Crippen molar-refractivity contribution in [1.29, 1.82) is 5.26 Å². The van der Waals surface area contributed by atoms with E-state index < -0.39 is 10.8 Å². The number of carbonyl (C=O) groups excluding carboxylic acids is 1. The zero-order valence-corrected chi connectivity index (χ0v) is 11.1. The molecule has 0 saturated heterocycles. The van der Waals surface area contributed by atoms with Gasteiger partial charge in [0.15, 0.2) is 0 Å². The van der Waals surface area contributed by atoms with E-state index in [1.807, 2.05) is 6.07 Å². The number of nitrogens with one attached hydrogen (secondary N) is 1. The largest absolute Gasteiger partial charge is 0.325 e. The van der Waals surface area contributed by atoms with Crippen LogP contribution in [0, 0.1) is 41.2 Å². The molecule has 0 fully saturated rings. The molecule has 0 heterocycles. The molecular formula is C13H15N3O3. The van der Waals surface area contributed by atoms with E-state index in [0.29, 0.717) is 23.2 Å². The second-order valence-corrected chi connectivity index (χ2v) is 4.29. The van der Waals surface area contributed by atoms with Crippen LogP contribution in [0.5, 0.6) is 0 Å². The van der Waals surface area contributed by atoms with Crippen molar-refractivity contribution in [3.63, 3.8) is 0 Å². The molecule has 1 aromatic rings. The molecule has 1 unspecified atom stereocenters. The molecule has 0 radical (unpaired) electrons. The number of hydrogen-bond donors (Lipinski definition) is 1. The standard InChI is InChI=1S/C13H15N3O3/c1-4-10(7-14)13(17)15-11-5-9(3)12(16(18)19)6-8(11)2/h5-6,10H,4H2,1-3H3,(H,15,17). The Morgan fingerprint density at radius 3 is 2.58 bits per heavy atom. The number of nitro benzene ring substituents is 1. The van der Waals surface area contributed by atoms with Crippen LogP contribution in [0.15, 0.2) is 12.1 Å². The molecule has 1 rings (SSSR count). The minimum atomic E-state index is -0.713. The fourth-order valence-corrected chi connectivity index (χ4v) is 1.69. The van der Waals surface area contributed by atoms with Crippen LogP contribution < -0.4 is 5.32 Å². The Bertz CT molecular complexity index is 561. The Labute approximate surface area is 111 Å². The van der Waals surface area contributed by atoms with E-state index in [1.54, 1.807) is 26.8 Å². The molecule has 1 amide bonds. The maximum atomic E-state index is 11.8. The van der Waals surface area contributed by atoms with Crippen LogP contribution in [-0.2, 0) is 4.79 Å². The fraction of sp³-hybridized carbons (Fsp3) is 0.385. The van der Waals surface area contributed by atoms with Crippen LogP contribution >= 0.6 is 0 Å². The first kappa shape index (κ1) is 14.6. The van der Waals surface area contributed by atoms with E-state index in [1.165, 1.54) is 6.07 Å². The molecular weight excluding hydrogens is 246 g/mol. The molecule has 0 aliphatic heterocycles. The van der Waals surface area contributed by atoms with E-state index in [4.69, 9.17) is 5.26 Å². The maximum Gasteiger partial charge on any atom is 0.272 e. The quantitative estimate of drug-likeness (QED) is 0.665. The average molecular weight is 261 g/mol. The number of nitro groups is 1. The molecule has 6 heteroatoms. The second-order valence-electron chi connectivity index (χ2n) is 4.29. The van der Waals surface area contributed by atoms with Crippen LogP contribution in [0.3, 0.4) is 0 Å². The van der Waals surface area contributed by atoms with E-state index >= 15 is 0 Å². The monoisotopic (exact) mass is 261 g/mol. The summed E-state index contributed by atoms with van der Waals surface area (Å²) in [6.07, 6.45) is 0.424. The molecule has 0 aromatic heterocycles. The van der Waals surface area contributed by atoms with Crippen LogP contribution in [0.1, 0.15) is 24.5 Å². The van der Waals surface area contributed by atoms with Crippen LogP contribution in [0.2, 0.25) is 0 Å². The highest BCUT2D eigenvalue weighted by molar-refractivity contribution is 5.95. The summed E-state index contributed by atoms with van der Waals surface area (Å²) in [5.41, 5.74) is 1.58. The summed E-state index contributed by atoms with van der Waals surface area (Å²) in [5, 5.41) is 22.2. The van der Waals surface area contributed by atoms with Crippen molar-refractivity contribution >= 4 is 17.3 Å². The predicted molar refractivity (Wildman–Crippen MR) is 70.6 cm³/mol. The van der Waals surface area contributed by atoms with Gasteiger partial charge < -0.3 is 5.32 Å². The van der Waals surface area contributed by atoms with Crippen LogP contribution in [-0.4, -0.2) is 10.8 Å². The third-order valence-electron chi connectivity index (χ3n) is 2.88.